The van der Waals surface area contributed by atoms with E-state index in [-0.39, 0.29) is 24.2 Å². The Kier molecular flexibility index (Phi) is 5.73. The first-order valence-electron chi connectivity index (χ1n) is 7.77. The van der Waals surface area contributed by atoms with Crippen LogP contribution in [0.3, 0.4) is 0 Å². The molecule has 6 nitrogen and oxygen atoms in total. The Morgan fingerprint density at radius 2 is 1.92 bits per heavy atom. The second-order valence-corrected chi connectivity index (χ2v) is 5.74. The van der Waals surface area contributed by atoms with Gasteiger partial charge in [0.1, 0.15) is 0 Å². The van der Waals surface area contributed by atoms with Crippen LogP contribution in [0.25, 0.3) is 0 Å². The van der Waals surface area contributed by atoms with Crippen LogP contribution in [0.1, 0.15) is 34.6 Å². The molecule has 0 saturated carbocycles. The zero-order valence-electron chi connectivity index (χ0n) is 14.4. The van der Waals surface area contributed by atoms with Crippen LogP contribution in [0.15, 0.2) is 34.7 Å². The summed E-state index contributed by atoms with van der Waals surface area (Å²) in [5.74, 6) is -0.428. The molecule has 1 atom stereocenters. The Hall–Kier alpha value is -2.63. The molecule has 2 aromatic rings. The third kappa shape index (κ3) is 4.22. The number of nitrogens with zero attached hydrogens (tertiary/aromatic N) is 2. The Morgan fingerprint density at radius 3 is 2.46 bits per heavy atom. The first-order valence-corrected chi connectivity index (χ1v) is 7.77. The zero-order chi connectivity index (χ0) is 17.7. The van der Waals surface area contributed by atoms with Crippen molar-refractivity contribution < 1.29 is 18.7 Å². The van der Waals surface area contributed by atoms with Crippen LogP contribution in [0.2, 0.25) is 0 Å². The molecule has 0 N–H and O–H groups in total. The number of esters is 1. The smallest absolute Gasteiger partial charge is 0.310 e. The normalized spacial score (nSPS) is 11.8. The van der Waals surface area contributed by atoms with E-state index in [1.54, 1.807) is 25.7 Å². The lowest BCUT2D eigenvalue weighted by molar-refractivity contribution is -0.145. The number of aromatic nitrogens is 1. The highest BCUT2D eigenvalue weighted by Gasteiger charge is 2.26. The van der Waals surface area contributed by atoms with Gasteiger partial charge in [0.2, 0.25) is 5.76 Å². The second-order valence-electron chi connectivity index (χ2n) is 5.74. The Morgan fingerprint density at radius 1 is 1.25 bits per heavy atom. The number of methoxy groups -OCH3 is 1. The molecule has 0 fully saturated rings. The van der Waals surface area contributed by atoms with E-state index >= 15 is 0 Å². The van der Waals surface area contributed by atoms with Crippen LogP contribution in [0.4, 0.5) is 0 Å². The fourth-order valence-electron chi connectivity index (χ4n) is 2.50. The molecular weight excluding hydrogens is 308 g/mol. The van der Waals surface area contributed by atoms with E-state index < -0.39 is 5.92 Å². The van der Waals surface area contributed by atoms with Crippen molar-refractivity contribution in [1.82, 2.24) is 9.88 Å². The van der Waals surface area contributed by atoms with Gasteiger partial charge in [-0.05, 0) is 12.5 Å². The van der Waals surface area contributed by atoms with Crippen molar-refractivity contribution in [1.29, 1.82) is 0 Å². The largest absolute Gasteiger partial charge is 0.469 e. The van der Waals surface area contributed by atoms with Gasteiger partial charge in [0.15, 0.2) is 5.89 Å². The van der Waals surface area contributed by atoms with E-state index in [0.29, 0.717) is 18.1 Å². The molecule has 128 valence electrons. The van der Waals surface area contributed by atoms with Crippen molar-refractivity contribution in [3.05, 3.63) is 53.2 Å². The van der Waals surface area contributed by atoms with Crippen molar-refractivity contribution in [3.8, 4) is 0 Å². The molecule has 1 amide bonds. The van der Waals surface area contributed by atoms with Crippen LogP contribution in [0, 0.1) is 19.8 Å². The number of carbonyl (C=O) groups is 2. The lowest BCUT2D eigenvalue weighted by Crippen LogP contribution is -2.37. The van der Waals surface area contributed by atoms with Crippen LogP contribution in [0.5, 0.6) is 0 Å². The van der Waals surface area contributed by atoms with Gasteiger partial charge in [-0.25, -0.2) is 4.98 Å². The number of ether oxygens (including phenoxy) is 1. The average Bonchev–Trinajstić information content (AvgIpc) is 2.92. The fourth-order valence-corrected chi connectivity index (χ4v) is 2.50. The van der Waals surface area contributed by atoms with Gasteiger partial charge in [0.05, 0.1) is 18.7 Å². The molecule has 0 radical (unpaired) electrons. The van der Waals surface area contributed by atoms with Gasteiger partial charge in [0, 0.05) is 20.0 Å². The molecule has 0 aliphatic heterocycles. The summed E-state index contributed by atoms with van der Waals surface area (Å²) < 4.78 is 10.2. The molecule has 1 unspecified atom stereocenters. The number of oxazole rings is 1. The van der Waals surface area contributed by atoms with Crippen molar-refractivity contribution >= 4 is 11.9 Å². The van der Waals surface area contributed by atoms with Crippen molar-refractivity contribution in [2.24, 2.45) is 5.92 Å². The zero-order valence-corrected chi connectivity index (χ0v) is 14.4. The van der Waals surface area contributed by atoms with E-state index in [1.807, 2.05) is 30.3 Å². The number of benzene rings is 1. The maximum absolute atomic E-state index is 12.9. The van der Waals surface area contributed by atoms with Gasteiger partial charge >= 0.3 is 5.97 Å². The second kappa shape index (κ2) is 7.77. The van der Waals surface area contributed by atoms with Gasteiger partial charge in [-0.3, -0.25) is 9.59 Å². The molecule has 1 aromatic carbocycles. The van der Waals surface area contributed by atoms with Crippen LogP contribution < -0.4 is 0 Å². The SMILES string of the molecule is COC(=O)C(C)CN(Cc1ccccc1)C(=O)c1oc(C)nc1C. The van der Waals surface area contributed by atoms with Gasteiger partial charge in [-0.2, -0.15) is 0 Å². The molecule has 0 saturated heterocycles. The minimum Gasteiger partial charge on any atom is -0.469 e. The number of hydrogen-bond acceptors (Lipinski definition) is 5. The number of aryl methyl sites for hydroxylation is 2. The lowest BCUT2D eigenvalue weighted by Gasteiger charge is -2.24. The van der Waals surface area contributed by atoms with Gasteiger partial charge < -0.3 is 14.1 Å². The van der Waals surface area contributed by atoms with E-state index in [2.05, 4.69) is 4.98 Å². The summed E-state index contributed by atoms with van der Waals surface area (Å²) in [6, 6.07) is 9.59. The predicted molar refractivity (Wildman–Crippen MR) is 88.3 cm³/mol. The summed E-state index contributed by atoms with van der Waals surface area (Å²) in [6.07, 6.45) is 0. The Labute approximate surface area is 141 Å². The summed E-state index contributed by atoms with van der Waals surface area (Å²) >= 11 is 0. The molecular formula is C18H22N2O4. The number of rotatable bonds is 6. The minimum absolute atomic E-state index is 0.209. The minimum atomic E-state index is -0.438. The summed E-state index contributed by atoms with van der Waals surface area (Å²) in [4.78, 5) is 30.3. The van der Waals surface area contributed by atoms with E-state index in [1.165, 1.54) is 7.11 Å². The number of amides is 1. The maximum atomic E-state index is 12.9. The summed E-state index contributed by atoms with van der Waals surface area (Å²) in [7, 11) is 1.34. The van der Waals surface area contributed by atoms with Crippen molar-refractivity contribution in [2.75, 3.05) is 13.7 Å². The van der Waals surface area contributed by atoms with Crippen LogP contribution in [-0.4, -0.2) is 35.4 Å². The molecule has 2 rings (SSSR count). The molecule has 0 bridgehead atoms. The summed E-state index contributed by atoms with van der Waals surface area (Å²) in [6.45, 7) is 5.77. The molecule has 0 spiro atoms. The molecule has 0 aliphatic rings. The first-order chi connectivity index (χ1) is 11.4. The Bertz CT molecular complexity index is 709. The van der Waals surface area contributed by atoms with Gasteiger partial charge in [0.25, 0.3) is 5.91 Å². The third-order valence-corrected chi connectivity index (χ3v) is 3.70. The highest BCUT2D eigenvalue weighted by Crippen LogP contribution is 2.17. The molecule has 24 heavy (non-hydrogen) atoms. The average molecular weight is 330 g/mol. The van der Waals surface area contributed by atoms with Crippen molar-refractivity contribution in [2.45, 2.75) is 27.3 Å². The van der Waals surface area contributed by atoms with E-state index in [4.69, 9.17) is 9.15 Å². The van der Waals surface area contributed by atoms with E-state index in [0.717, 1.165) is 5.56 Å². The Balaban J connectivity index is 2.26. The highest BCUT2D eigenvalue weighted by molar-refractivity contribution is 5.92. The topological polar surface area (TPSA) is 72.6 Å². The van der Waals surface area contributed by atoms with Crippen LogP contribution in [-0.2, 0) is 16.1 Å². The van der Waals surface area contributed by atoms with Crippen molar-refractivity contribution in [3.63, 3.8) is 0 Å². The van der Waals surface area contributed by atoms with E-state index in [9.17, 15) is 9.59 Å². The first kappa shape index (κ1) is 17.7. The highest BCUT2D eigenvalue weighted by atomic mass is 16.5. The standard InChI is InChI=1S/C18H22N2O4/c1-12(18(22)23-4)10-20(11-15-8-6-5-7-9-15)17(21)16-13(2)19-14(3)24-16/h5-9,12H,10-11H2,1-4H3. The third-order valence-electron chi connectivity index (χ3n) is 3.70. The predicted octanol–water partition coefficient (Wildman–Crippen LogP) is 2.74. The number of hydrogen-bond donors (Lipinski definition) is 0. The summed E-state index contributed by atoms with van der Waals surface area (Å²) in [5.41, 5.74) is 1.51. The van der Waals surface area contributed by atoms with Crippen LogP contribution >= 0.6 is 0 Å². The fraction of sp³-hybridized carbons (Fsp3) is 0.389. The summed E-state index contributed by atoms with van der Waals surface area (Å²) in [5, 5.41) is 0. The molecule has 1 heterocycles. The van der Waals surface area contributed by atoms with Gasteiger partial charge in [-0.1, -0.05) is 37.3 Å². The number of carbonyl (C=O) groups excluding carboxylic acids is 2. The molecule has 0 aliphatic carbocycles. The maximum Gasteiger partial charge on any atom is 0.310 e. The molecule has 1 aromatic heterocycles. The van der Waals surface area contributed by atoms with Gasteiger partial charge in [-0.15, -0.1) is 0 Å². The lowest BCUT2D eigenvalue weighted by atomic mass is 10.1. The quantitative estimate of drug-likeness (QED) is 0.762. The molecule has 6 heteroatoms. The monoisotopic (exact) mass is 330 g/mol.